The molecule has 1 heteroatoms. The van der Waals surface area contributed by atoms with Crippen molar-refractivity contribution in [2.24, 2.45) is 5.92 Å². The normalized spacial score (nSPS) is 31.3. The van der Waals surface area contributed by atoms with E-state index in [1.54, 1.807) is 0 Å². The van der Waals surface area contributed by atoms with Crippen molar-refractivity contribution in [3.8, 4) is 12.3 Å². The van der Waals surface area contributed by atoms with E-state index in [2.05, 4.69) is 18.2 Å². The average Bonchev–Trinajstić information content (AvgIpc) is 2.01. The van der Waals surface area contributed by atoms with Crippen LogP contribution >= 0.6 is 0 Å². The summed E-state index contributed by atoms with van der Waals surface area (Å²) in [5, 5.41) is 3.49. The lowest BCUT2D eigenvalue weighted by molar-refractivity contribution is 0.310. The van der Waals surface area contributed by atoms with Crippen molar-refractivity contribution in [1.29, 1.82) is 0 Å². The van der Waals surface area contributed by atoms with Gasteiger partial charge in [-0.25, -0.2) is 0 Å². The number of nitrogens with one attached hydrogen (secondary N) is 1. The molecule has 2 unspecified atom stereocenters. The smallest absolute Gasteiger partial charge is 0.0101 e. The molecule has 0 aromatic carbocycles. The molecule has 11 heavy (non-hydrogen) atoms. The molecule has 0 aromatic heterocycles. The summed E-state index contributed by atoms with van der Waals surface area (Å²) in [7, 11) is 0. The molecule has 1 fully saturated rings. The predicted octanol–water partition coefficient (Wildman–Crippen LogP) is 1.79. The lowest BCUT2D eigenvalue weighted by Crippen LogP contribution is -2.37. The lowest BCUT2D eigenvalue weighted by atomic mass is 9.92. The molecule has 1 saturated heterocycles. The van der Waals surface area contributed by atoms with E-state index >= 15 is 0 Å². The molecule has 0 bridgehead atoms. The Labute approximate surface area is 69.6 Å². The summed E-state index contributed by atoms with van der Waals surface area (Å²) in [4.78, 5) is 0. The van der Waals surface area contributed by atoms with Crippen molar-refractivity contribution in [1.82, 2.24) is 5.32 Å². The highest BCUT2D eigenvalue weighted by molar-refractivity contribution is 4.87. The molecule has 1 N–H and O–H groups in total. The first-order chi connectivity index (χ1) is 5.33. The molecule has 1 nitrogen and oxygen atoms in total. The van der Waals surface area contributed by atoms with Gasteiger partial charge in [-0.15, -0.1) is 12.3 Å². The molecule has 1 aliphatic heterocycles. The van der Waals surface area contributed by atoms with Crippen LogP contribution in [0.2, 0.25) is 0 Å². The van der Waals surface area contributed by atoms with Gasteiger partial charge in [0.2, 0.25) is 0 Å². The van der Waals surface area contributed by atoms with E-state index in [0.717, 1.165) is 18.8 Å². The standard InChI is InChI=1S/C10H17N/c1-3-4-5-10-8-9(2)6-7-11-10/h1,9-11H,4-8H2,2H3. The molecule has 0 aromatic rings. The van der Waals surface area contributed by atoms with Crippen LogP contribution in [0.4, 0.5) is 0 Å². The van der Waals surface area contributed by atoms with Gasteiger partial charge in [0.1, 0.15) is 0 Å². The molecular weight excluding hydrogens is 134 g/mol. The van der Waals surface area contributed by atoms with Crippen LogP contribution in [0.1, 0.15) is 32.6 Å². The summed E-state index contributed by atoms with van der Waals surface area (Å²) in [6, 6.07) is 0.690. The molecule has 0 amide bonds. The van der Waals surface area contributed by atoms with Crippen molar-refractivity contribution >= 4 is 0 Å². The van der Waals surface area contributed by atoms with Gasteiger partial charge in [-0.1, -0.05) is 6.92 Å². The predicted molar refractivity (Wildman–Crippen MR) is 48.3 cm³/mol. The van der Waals surface area contributed by atoms with Gasteiger partial charge in [-0.3, -0.25) is 0 Å². The molecule has 0 saturated carbocycles. The van der Waals surface area contributed by atoms with Gasteiger partial charge < -0.3 is 5.32 Å². The zero-order chi connectivity index (χ0) is 8.10. The monoisotopic (exact) mass is 151 g/mol. The summed E-state index contributed by atoms with van der Waals surface area (Å²) >= 11 is 0. The van der Waals surface area contributed by atoms with Crippen LogP contribution in [0.5, 0.6) is 0 Å². The second-order valence-electron chi connectivity index (χ2n) is 3.52. The first-order valence-corrected chi connectivity index (χ1v) is 4.49. The van der Waals surface area contributed by atoms with Crippen LogP contribution in [0.15, 0.2) is 0 Å². The van der Waals surface area contributed by atoms with E-state index in [1.807, 2.05) is 0 Å². The first-order valence-electron chi connectivity index (χ1n) is 4.49. The zero-order valence-corrected chi connectivity index (χ0v) is 7.27. The minimum atomic E-state index is 0.690. The molecule has 0 aliphatic carbocycles. The van der Waals surface area contributed by atoms with Gasteiger partial charge in [-0.05, 0) is 31.7 Å². The first kappa shape index (κ1) is 8.62. The van der Waals surface area contributed by atoms with Gasteiger partial charge in [0.15, 0.2) is 0 Å². The SMILES string of the molecule is C#CCCC1CC(C)CCN1. The number of piperidine rings is 1. The molecule has 1 heterocycles. The minimum Gasteiger partial charge on any atom is -0.314 e. The molecular formula is C10H17N. The fourth-order valence-corrected chi connectivity index (χ4v) is 1.70. The molecule has 1 aliphatic rings. The highest BCUT2D eigenvalue weighted by atomic mass is 14.9. The summed E-state index contributed by atoms with van der Waals surface area (Å²) in [6.07, 6.45) is 9.91. The van der Waals surface area contributed by atoms with Crippen molar-refractivity contribution in [3.05, 3.63) is 0 Å². The Hall–Kier alpha value is -0.480. The van der Waals surface area contributed by atoms with E-state index < -0.39 is 0 Å². The third-order valence-electron chi connectivity index (χ3n) is 2.39. The third-order valence-corrected chi connectivity index (χ3v) is 2.39. The largest absolute Gasteiger partial charge is 0.314 e. The van der Waals surface area contributed by atoms with Gasteiger partial charge in [0, 0.05) is 12.5 Å². The number of terminal acetylenes is 1. The van der Waals surface area contributed by atoms with Crippen LogP contribution in [0, 0.1) is 18.3 Å². The summed E-state index contributed by atoms with van der Waals surface area (Å²) in [5.74, 6) is 3.58. The summed E-state index contributed by atoms with van der Waals surface area (Å²) in [5.41, 5.74) is 0. The summed E-state index contributed by atoms with van der Waals surface area (Å²) in [6.45, 7) is 3.50. The topological polar surface area (TPSA) is 12.0 Å². The van der Waals surface area contributed by atoms with E-state index in [-0.39, 0.29) is 0 Å². The maximum Gasteiger partial charge on any atom is 0.0101 e. The Morgan fingerprint density at radius 2 is 2.45 bits per heavy atom. The minimum absolute atomic E-state index is 0.690. The van der Waals surface area contributed by atoms with Gasteiger partial charge in [0.25, 0.3) is 0 Å². The van der Waals surface area contributed by atoms with E-state index in [4.69, 9.17) is 6.42 Å². The number of hydrogen-bond donors (Lipinski definition) is 1. The van der Waals surface area contributed by atoms with E-state index in [9.17, 15) is 0 Å². The zero-order valence-electron chi connectivity index (χ0n) is 7.27. The van der Waals surface area contributed by atoms with Crippen LogP contribution < -0.4 is 5.32 Å². The Kier molecular flexibility index (Phi) is 3.45. The van der Waals surface area contributed by atoms with Crippen LogP contribution in [-0.2, 0) is 0 Å². The van der Waals surface area contributed by atoms with E-state index in [1.165, 1.54) is 19.4 Å². The average molecular weight is 151 g/mol. The Morgan fingerprint density at radius 1 is 1.64 bits per heavy atom. The van der Waals surface area contributed by atoms with Crippen molar-refractivity contribution < 1.29 is 0 Å². The third kappa shape index (κ3) is 2.95. The highest BCUT2D eigenvalue weighted by Crippen LogP contribution is 2.17. The lowest BCUT2D eigenvalue weighted by Gasteiger charge is -2.27. The van der Waals surface area contributed by atoms with Gasteiger partial charge in [0.05, 0.1) is 0 Å². The fourth-order valence-electron chi connectivity index (χ4n) is 1.70. The molecule has 0 radical (unpaired) electrons. The second-order valence-corrected chi connectivity index (χ2v) is 3.52. The van der Waals surface area contributed by atoms with Crippen LogP contribution in [0.3, 0.4) is 0 Å². The molecule has 0 spiro atoms. The van der Waals surface area contributed by atoms with Crippen LogP contribution in [0.25, 0.3) is 0 Å². The summed E-state index contributed by atoms with van der Waals surface area (Å²) < 4.78 is 0. The Morgan fingerprint density at radius 3 is 3.09 bits per heavy atom. The fraction of sp³-hybridized carbons (Fsp3) is 0.800. The Balaban J connectivity index is 2.18. The highest BCUT2D eigenvalue weighted by Gasteiger charge is 2.16. The number of rotatable bonds is 2. The Bertz CT molecular complexity index is 145. The van der Waals surface area contributed by atoms with E-state index in [0.29, 0.717) is 6.04 Å². The molecule has 2 atom stereocenters. The molecule has 1 rings (SSSR count). The van der Waals surface area contributed by atoms with Crippen LogP contribution in [-0.4, -0.2) is 12.6 Å². The van der Waals surface area contributed by atoms with Crippen molar-refractivity contribution in [3.63, 3.8) is 0 Å². The maximum atomic E-state index is 5.20. The van der Waals surface area contributed by atoms with Gasteiger partial charge in [-0.2, -0.15) is 0 Å². The maximum absolute atomic E-state index is 5.20. The van der Waals surface area contributed by atoms with Crippen molar-refractivity contribution in [2.45, 2.75) is 38.6 Å². The quantitative estimate of drug-likeness (QED) is 0.593. The van der Waals surface area contributed by atoms with Gasteiger partial charge >= 0.3 is 0 Å². The number of hydrogen-bond acceptors (Lipinski definition) is 1. The molecule has 62 valence electrons. The van der Waals surface area contributed by atoms with Crippen molar-refractivity contribution in [2.75, 3.05) is 6.54 Å². The second kappa shape index (κ2) is 4.41.